The molecule has 1 aliphatic carbocycles. The van der Waals surface area contributed by atoms with E-state index in [0.29, 0.717) is 16.1 Å². The van der Waals surface area contributed by atoms with E-state index in [4.69, 9.17) is 0 Å². The van der Waals surface area contributed by atoms with Crippen LogP contribution in [0.25, 0.3) is 0 Å². The van der Waals surface area contributed by atoms with E-state index in [9.17, 15) is 14.0 Å². The number of aromatic nitrogens is 1. The minimum Gasteiger partial charge on any atom is -0.351 e. The van der Waals surface area contributed by atoms with E-state index in [1.165, 1.54) is 40.5 Å². The molecule has 0 radical (unpaired) electrons. The Morgan fingerprint density at radius 3 is 2.50 bits per heavy atom. The van der Waals surface area contributed by atoms with Crippen molar-refractivity contribution in [3.63, 3.8) is 0 Å². The van der Waals surface area contributed by atoms with Crippen molar-refractivity contribution < 1.29 is 14.0 Å². The van der Waals surface area contributed by atoms with Crippen LogP contribution in [0.4, 0.5) is 10.1 Å². The third kappa shape index (κ3) is 4.41. The normalized spacial score (nSPS) is 15.0. The number of pyridine rings is 1. The zero-order chi connectivity index (χ0) is 20.9. The van der Waals surface area contributed by atoms with Crippen LogP contribution in [0.1, 0.15) is 47.0 Å². The van der Waals surface area contributed by atoms with Gasteiger partial charge in [-0.1, -0.05) is 25.0 Å². The zero-order valence-electron chi connectivity index (χ0n) is 16.3. The topological polar surface area (TPSA) is 62.3 Å². The van der Waals surface area contributed by atoms with Crippen LogP contribution in [0.2, 0.25) is 0 Å². The number of anilines is 1. The van der Waals surface area contributed by atoms with Gasteiger partial charge in [0.1, 0.15) is 11.9 Å². The molecule has 1 saturated carbocycles. The van der Waals surface area contributed by atoms with E-state index in [0.717, 1.165) is 25.7 Å². The number of rotatable bonds is 6. The molecule has 4 rings (SSSR count). The fourth-order valence-corrected chi connectivity index (χ4v) is 4.47. The molecule has 3 aromatic rings. The van der Waals surface area contributed by atoms with Crippen LogP contribution in [0.5, 0.6) is 0 Å². The Bertz CT molecular complexity index is 987. The third-order valence-electron chi connectivity index (χ3n) is 5.26. The molecule has 7 heteroatoms. The number of thiophene rings is 1. The largest absolute Gasteiger partial charge is 0.351 e. The number of nitrogens with one attached hydrogen (secondary N) is 1. The molecule has 2 amide bonds. The van der Waals surface area contributed by atoms with Crippen molar-refractivity contribution in [2.24, 2.45) is 0 Å². The summed E-state index contributed by atoms with van der Waals surface area (Å²) in [6.07, 6.45) is 7.24. The second-order valence-electron chi connectivity index (χ2n) is 7.31. The SMILES string of the molecule is O=C(NC1CCCC1)[C@H](c1cccnc1)N(C(=O)c1cccs1)c1ccc(F)cc1. The highest BCUT2D eigenvalue weighted by molar-refractivity contribution is 7.12. The molecule has 1 N–H and O–H groups in total. The first-order chi connectivity index (χ1) is 14.6. The Morgan fingerprint density at radius 2 is 1.87 bits per heavy atom. The first kappa shape index (κ1) is 20.2. The van der Waals surface area contributed by atoms with Crippen molar-refractivity contribution in [3.8, 4) is 0 Å². The lowest BCUT2D eigenvalue weighted by Crippen LogP contribution is -2.46. The lowest BCUT2D eigenvalue weighted by Gasteiger charge is -2.32. The molecule has 1 aromatic carbocycles. The number of carbonyl (C=O) groups excluding carboxylic acids is 2. The van der Waals surface area contributed by atoms with Gasteiger partial charge in [0.05, 0.1) is 4.88 Å². The molecule has 1 atom stereocenters. The smallest absolute Gasteiger partial charge is 0.269 e. The summed E-state index contributed by atoms with van der Waals surface area (Å²) >= 11 is 1.30. The summed E-state index contributed by atoms with van der Waals surface area (Å²) in [6, 6.07) is 11.8. The van der Waals surface area contributed by atoms with E-state index in [1.54, 1.807) is 36.7 Å². The lowest BCUT2D eigenvalue weighted by molar-refractivity contribution is -0.123. The van der Waals surface area contributed by atoms with Crippen LogP contribution in [-0.2, 0) is 4.79 Å². The summed E-state index contributed by atoms with van der Waals surface area (Å²) < 4.78 is 13.6. The third-order valence-corrected chi connectivity index (χ3v) is 6.12. The second-order valence-corrected chi connectivity index (χ2v) is 8.26. The minimum absolute atomic E-state index is 0.101. The van der Waals surface area contributed by atoms with Crippen LogP contribution < -0.4 is 10.2 Å². The van der Waals surface area contributed by atoms with Gasteiger partial charge in [0.25, 0.3) is 5.91 Å². The van der Waals surface area contributed by atoms with E-state index in [-0.39, 0.29) is 17.9 Å². The van der Waals surface area contributed by atoms with Crippen molar-refractivity contribution in [1.29, 1.82) is 0 Å². The average Bonchev–Trinajstić information content (AvgIpc) is 3.47. The van der Waals surface area contributed by atoms with Crippen molar-refractivity contribution in [2.75, 3.05) is 4.90 Å². The van der Waals surface area contributed by atoms with Crippen LogP contribution in [0.3, 0.4) is 0 Å². The number of nitrogens with zero attached hydrogens (tertiary/aromatic N) is 2. The number of amides is 2. The van der Waals surface area contributed by atoms with Gasteiger partial charge in [0, 0.05) is 29.7 Å². The Hall–Kier alpha value is -3.06. The number of hydrogen-bond acceptors (Lipinski definition) is 4. The van der Waals surface area contributed by atoms with Crippen LogP contribution >= 0.6 is 11.3 Å². The summed E-state index contributed by atoms with van der Waals surface area (Å²) in [5.41, 5.74) is 1.05. The standard InChI is InChI=1S/C23H22FN3O2S/c24-17-9-11-19(12-10-17)27(23(29)20-8-4-14-30-20)21(16-5-3-13-25-15-16)22(28)26-18-6-1-2-7-18/h3-5,8-15,18,21H,1-2,6-7H2,(H,26,28)/t21-/m0/s1. The van der Waals surface area contributed by atoms with E-state index < -0.39 is 11.9 Å². The summed E-state index contributed by atoms with van der Waals surface area (Å²) in [5.74, 6) is -0.980. The van der Waals surface area contributed by atoms with Gasteiger partial charge >= 0.3 is 0 Å². The monoisotopic (exact) mass is 423 g/mol. The van der Waals surface area contributed by atoms with Gasteiger partial charge in [-0.25, -0.2) is 4.39 Å². The highest BCUT2D eigenvalue weighted by atomic mass is 32.1. The Morgan fingerprint density at radius 1 is 1.10 bits per heavy atom. The highest BCUT2D eigenvalue weighted by Crippen LogP contribution is 2.31. The molecule has 30 heavy (non-hydrogen) atoms. The van der Waals surface area contributed by atoms with E-state index in [2.05, 4.69) is 10.3 Å². The first-order valence-corrected chi connectivity index (χ1v) is 10.8. The highest BCUT2D eigenvalue weighted by Gasteiger charge is 2.35. The van der Waals surface area contributed by atoms with E-state index >= 15 is 0 Å². The van der Waals surface area contributed by atoms with Crippen molar-refractivity contribution >= 4 is 28.8 Å². The maximum absolute atomic E-state index is 13.6. The molecule has 0 unspecified atom stereocenters. The Kier molecular flexibility index (Phi) is 6.18. The summed E-state index contributed by atoms with van der Waals surface area (Å²) in [7, 11) is 0. The average molecular weight is 424 g/mol. The molecule has 1 aliphatic rings. The van der Waals surface area contributed by atoms with Gasteiger partial charge in [-0.3, -0.25) is 19.5 Å². The molecular formula is C23H22FN3O2S. The molecule has 1 fully saturated rings. The van der Waals surface area contributed by atoms with Gasteiger partial charge in [-0.05, 0) is 54.6 Å². The molecule has 5 nitrogen and oxygen atoms in total. The molecule has 2 heterocycles. The predicted molar refractivity (Wildman–Crippen MR) is 115 cm³/mol. The summed E-state index contributed by atoms with van der Waals surface area (Å²) in [6.45, 7) is 0. The van der Waals surface area contributed by atoms with Crippen LogP contribution in [0.15, 0.2) is 66.3 Å². The molecule has 0 saturated heterocycles. The predicted octanol–water partition coefficient (Wildman–Crippen LogP) is 4.73. The van der Waals surface area contributed by atoms with Gasteiger partial charge in [-0.2, -0.15) is 0 Å². The second kappa shape index (κ2) is 9.17. The quantitative estimate of drug-likeness (QED) is 0.624. The van der Waals surface area contributed by atoms with Gasteiger partial charge in [-0.15, -0.1) is 11.3 Å². The van der Waals surface area contributed by atoms with Crippen LogP contribution in [-0.4, -0.2) is 22.8 Å². The maximum Gasteiger partial charge on any atom is 0.269 e. The summed E-state index contributed by atoms with van der Waals surface area (Å²) in [5, 5.41) is 4.92. The number of carbonyl (C=O) groups is 2. The van der Waals surface area contributed by atoms with Crippen molar-refractivity contribution in [3.05, 3.63) is 82.6 Å². The number of benzene rings is 1. The Labute approximate surface area is 178 Å². The molecule has 0 spiro atoms. The molecule has 0 aliphatic heterocycles. The summed E-state index contributed by atoms with van der Waals surface area (Å²) in [4.78, 5) is 33.0. The van der Waals surface area contributed by atoms with Crippen molar-refractivity contribution in [1.82, 2.24) is 10.3 Å². The fraction of sp³-hybridized carbons (Fsp3) is 0.261. The van der Waals surface area contributed by atoms with Crippen molar-refractivity contribution in [2.45, 2.75) is 37.8 Å². The lowest BCUT2D eigenvalue weighted by atomic mass is 10.0. The number of hydrogen-bond donors (Lipinski definition) is 1. The fourth-order valence-electron chi connectivity index (χ4n) is 3.81. The van der Waals surface area contributed by atoms with Crippen LogP contribution in [0, 0.1) is 5.82 Å². The van der Waals surface area contributed by atoms with E-state index in [1.807, 2.05) is 5.38 Å². The molecular weight excluding hydrogens is 401 g/mol. The molecule has 154 valence electrons. The molecule has 0 bridgehead atoms. The maximum atomic E-state index is 13.6. The number of halogens is 1. The van der Waals surface area contributed by atoms with Gasteiger partial charge < -0.3 is 5.32 Å². The minimum atomic E-state index is -0.917. The first-order valence-electron chi connectivity index (χ1n) is 9.96. The zero-order valence-corrected chi connectivity index (χ0v) is 17.1. The van der Waals surface area contributed by atoms with Gasteiger partial charge in [0.2, 0.25) is 5.91 Å². The van der Waals surface area contributed by atoms with Gasteiger partial charge in [0.15, 0.2) is 0 Å². The Balaban J connectivity index is 1.78. The molecule has 2 aromatic heterocycles.